The monoisotopic (exact) mass is 263 g/mol. The van der Waals surface area contributed by atoms with Gasteiger partial charge in [0.25, 0.3) is 10.1 Å². The number of hydrogen-bond donors (Lipinski definition) is 2. The molecule has 0 saturated carbocycles. The van der Waals surface area contributed by atoms with Crippen molar-refractivity contribution in [1.29, 1.82) is 0 Å². The Kier molecular flexibility index (Phi) is 3.36. The lowest BCUT2D eigenvalue weighted by Gasteiger charge is -2.08. The van der Waals surface area contributed by atoms with Crippen molar-refractivity contribution >= 4 is 15.8 Å². The summed E-state index contributed by atoms with van der Waals surface area (Å²) in [5.74, 6) is 0. The zero-order chi connectivity index (χ0) is 13.2. The van der Waals surface area contributed by atoms with Gasteiger partial charge in [0.15, 0.2) is 0 Å². The number of benzene rings is 2. The van der Waals surface area contributed by atoms with E-state index in [0.29, 0.717) is 17.7 Å². The standard InChI is InChI=1S/C13H13NO3S/c14-12-7-3-1-5-10(12)9-11-6-2-4-8-13(11)18(15,16)17/h1-8H,9,14H2,(H,15,16,17). The van der Waals surface area contributed by atoms with E-state index in [2.05, 4.69) is 0 Å². The smallest absolute Gasteiger partial charge is 0.294 e. The highest BCUT2D eigenvalue weighted by atomic mass is 32.2. The van der Waals surface area contributed by atoms with E-state index in [1.165, 1.54) is 6.07 Å². The fourth-order valence-electron chi connectivity index (χ4n) is 1.80. The summed E-state index contributed by atoms with van der Waals surface area (Å²) in [6, 6.07) is 13.6. The topological polar surface area (TPSA) is 80.4 Å². The molecule has 0 aliphatic rings. The van der Waals surface area contributed by atoms with E-state index in [0.717, 1.165) is 5.56 Å². The second kappa shape index (κ2) is 4.80. The third-order valence-corrected chi connectivity index (χ3v) is 3.64. The quantitative estimate of drug-likeness (QED) is 0.656. The summed E-state index contributed by atoms with van der Waals surface area (Å²) in [6.07, 6.45) is 0.364. The normalized spacial score (nSPS) is 11.4. The second-order valence-electron chi connectivity index (χ2n) is 3.96. The molecule has 0 atom stereocenters. The predicted molar refractivity (Wildman–Crippen MR) is 69.9 cm³/mol. The maximum atomic E-state index is 11.3. The summed E-state index contributed by atoms with van der Waals surface area (Å²) < 4.78 is 31.7. The van der Waals surface area contributed by atoms with E-state index in [1.54, 1.807) is 24.3 Å². The maximum absolute atomic E-state index is 11.3. The summed E-state index contributed by atoms with van der Waals surface area (Å²) in [7, 11) is -4.21. The van der Waals surface area contributed by atoms with Gasteiger partial charge in [0.1, 0.15) is 0 Å². The van der Waals surface area contributed by atoms with Crippen LogP contribution in [-0.2, 0) is 16.5 Å². The van der Waals surface area contributed by atoms with Gasteiger partial charge in [0.05, 0.1) is 4.90 Å². The lowest BCUT2D eigenvalue weighted by atomic mass is 10.0. The summed E-state index contributed by atoms with van der Waals surface area (Å²) in [6.45, 7) is 0. The maximum Gasteiger partial charge on any atom is 0.294 e. The molecule has 0 saturated heterocycles. The molecule has 4 nitrogen and oxygen atoms in total. The highest BCUT2D eigenvalue weighted by Crippen LogP contribution is 2.21. The van der Waals surface area contributed by atoms with Crippen molar-refractivity contribution in [2.75, 3.05) is 5.73 Å². The van der Waals surface area contributed by atoms with Crippen LogP contribution in [0.3, 0.4) is 0 Å². The van der Waals surface area contributed by atoms with Crippen LogP contribution in [-0.4, -0.2) is 13.0 Å². The molecule has 0 heterocycles. The third-order valence-electron chi connectivity index (χ3n) is 2.69. The van der Waals surface area contributed by atoms with Crippen LogP contribution in [0.1, 0.15) is 11.1 Å². The fourth-order valence-corrected chi connectivity index (χ4v) is 2.52. The molecule has 0 bridgehead atoms. The SMILES string of the molecule is Nc1ccccc1Cc1ccccc1S(=O)(=O)O. The van der Waals surface area contributed by atoms with Gasteiger partial charge in [-0.25, -0.2) is 0 Å². The molecule has 0 aliphatic heterocycles. The molecule has 2 aromatic rings. The minimum atomic E-state index is -4.21. The largest absolute Gasteiger partial charge is 0.398 e. The number of anilines is 1. The second-order valence-corrected chi connectivity index (χ2v) is 5.35. The zero-order valence-electron chi connectivity index (χ0n) is 9.58. The van der Waals surface area contributed by atoms with Crippen molar-refractivity contribution in [3.63, 3.8) is 0 Å². The van der Waals surface area contributed by atoms with Crippen LogP contribution < -0.4 is 5.73 Å². The van der Waals surface area contributed by atoms with Gasteiger partial charge in [0, 0.05) is 12.1 Å². The van der Waals surface area contributed by atoms with Crippen LogP contribution in [0.15, 0.2) is 53.4 Å². The minimum Gasteiger partial charge on any atom is -0.398 e. The fraction of sp³-hybridized carbons (Fsp3) is 0.0769. The van der Waals surface area contributed by atoms with Crippen LogP contribution in [0.5, 0.6) is 0 Å². The van der Waals surface area contributed by atoms with Gasteiger partial charge < -0.3 is 5.73 Å². The lowest BCUT2D eigenvalue weighted by molar-refractivity contribution is 0.482. The first-order chi connectivity index (χ1) is 8.48. The van der Waals surface area contributed by atoms with Crippen molar-refractivity contribution < 1.29 is 13.0 Å². The Balaban J connectivity index is 2.45. The van der Waals surface area contributed by atoms with Crippen LogP contribution in [0.2, 0.25) is 0 Å². The summed E-state index contributed by atoms with van der Waals surface area (Å²) in [5, 5.41) is 0. The Morgan fingerprint density at radius 3 is 2.11 bits per heavy atom. The molecule has 2 rings (SSSR count). The number of rotatable bonds is 3. The molecule has 18 heavy (non-hydrogen) atoms. The van der Waals surface area contributed by atoms with E-state index in [4.69, 9.17) is 10.3 Å². The average Bonchev–Trinajstić information content (AvgIpc) is 2.31. The molecule has 0 fully saturated rings. The first-order valence-corrected chi connectivity index (χ1v) is 6.81. The van der Waals surface area contributed by atoms with Crippen LogP contribution in [0.25, 0.3) is 0 Å². The van der Waals surface area contributed by atoms with Crippen molar-refractivity contribution in [3.8, 4) is 0 Å². The predicted octanol–water partition coefficient (Wildman–Crippen LogP) is 2.11. The van der Waals surface area contributed by atoms with Crippen molar-refractivity contribution in [3.05, 3.63) is 59.7 Å². The highest BCUT2D eigenvalue weighted by molar-refractivity contribution is 7.85. The molecule has 0 radical (unpaired) electrons. The summed E-state index contributed by atoms with van der Waals surface area (Å²) >= 11 is 0. The zero-order valence-corrected chi connectivity index (χ0v) is 10.4. The van der Waals surface area contributed by atoms with Crippen molar-refractivity contribution in [2.24, 2.45) is 0 Å². The first-order valence-electron chi connectivity index (χ1n) is 5.37. The minimum absolute atomic E-state index is 0.0757. The summed E-state index contributed by atoms with van der Waals surface area (Å²) in [5.41, 5.74) is 7.77. The van der Waals surface area contributed by atoms with Crippen molar-refractivity contribution in [1.82, 2.24) is 0 Å². The van der Waals surface area contributed by atoms with Gasteiger partial charge in [-0.05, 0) is 23.3 Å². The molecule has 0 unspecified atom stereocenters. The van der Waals surface area contributed by atoms with Crippen LogP contribution >= 0.6 is 0 Å². The molecule has 2 aromatic carbocycles. The van der Waals surface area contributed by atoms with Gasteiger partial charge >= 0.3 is 0 Å². The van der Waals surface area contributed by atoms with E-state index in [9.17, 15) is 8.42 Å². The van der Waals surface area contributed by atoms with Gasteiger partial charge in [-0.3, -0.25) is 4.55 Å². The average molecular weight is 263 g/mol. The Hall–Kier alpha value is -1.85. The number of nitrogen functional groups attached to an aromatic ring is 1. The Morgan fingerprint density at radius 1 is 0.944 bits per heavy atom. The molecule has 0 aliphatic carbocycles. The van der Waals surface area contributed by atoms with E-state index < -0.39 is 10.1 Å². The summed E-state index contributed by atoms with van der Waals surface area (Å²) in [4.78, 5) is -0.0757. The molecule has 0 aromatic heterocycles. The molecule has 5 heteroatoms. The Bertz CT molecular complexity index is 665. The molecule has 94 valence electrons. The molecule has 0 amide bonds. The lowest BCUT2D eigenvalue weighted by Crippen LogP contribution is -2.04. The molecular formula is C13H13NO3S. The third kappa shape index (κ3) is 2.69. The highest BCUT2D eigenvalue weighted by Gasteiger charge is 2.15. The number of para-hydroxylation sites is 1. The van der Waals surface area contributed by atoms with Gasteiger partial charge in [-0.1, -0.05) is 36.4 Å². The van der Waals surface area contributed by atoms with E-state index >= 15 is 0 Å². The number of nitrogens with two attached hydrogens (primary N) is 1. The van der Waals surface area contributed by atoms with Crippen LogP contribution in [0, 0.1) is 0 Å². The first kappa shape index (κ1) is 12.6. The molecule has 0 spiro atoms. The van der Waals surface area contributed by atoms with Gasteiger partial charge in [-0.15, -0.1) is 0 Å². The van der Waals surface area contributed by atoms with Crippen LogP contribution in [0.4, 0.5) is 5.69 Å². The molecule has 3 N–H and O–H groups in total. The molecular weight excluding hydrogens is 250 g/mol. The van der Waals surface area contributed by atoms with Crippen molar-refractivity contribution in [2.45, 2.75) is 11.3 Å². The number of hydrogen-bond acceptors (Lipinski definition) is 3. The Labute approximate surface area is 106 Å². The Morgan fingerprint density at radius 2 is 1.50 bits per heavy atom. The van der Waals surface area contributed by atoms with Gasteiger partial charge in [0.2, 0.25) is 0 Å². The van der Waals surface area contributed by atoms with E-state index in [1.807, 2.05) is 18.2 Å². The van der Waals surface area contributed by atoms with E-state index in [-0.39, 0.29) is 4.90 Å². The van der Waals surface area contributed by atoms with Gasteiger partial charge in [-0.2, -0.15) is 8.42 Å².